The molecular formula is C28H35F3N4O4. The van der Waals surface area contributed by atoms with E-state index in [-0.39, 0.29) is 5.56 Å². The van der Waals surface area contributed by atoms with Crippen LogP contribution in [0.2, 0.25) is 0 Å². The summed E-state index contributed by atoms with van der Waals surface area (Å²) in [6.45, 7) is 5.79. The standard InChI is InChI=1S/C26H34N4O2.C2HF3O2/c1-4-5-15-29(2)20-12-13-23-22(16-20)26(31)30(18-19-9-8-14-27-17-19)25(28-23)21-10-6-7-11-24(21)32-3;3-2(4,5)1(6)7/h6-7,10-13,16,19,27H,4-5,8-9,14-15,17-18H2,1-3H3;(H,6,7). The molecule has 1 aliphatic rings. The number of ether oxygens (including phenoxy) is 1. The molecule has 1 aliphatic heterocycles. The van der Waals surface area contributed by atoms with E-state index in [0.717, 1.165) is 67.8 Å². The van der Waals surface area contributed by atoms with Crippen LogP contribution in [0.25, 0.3) is 22.3 Å². The molecule has 1 atom stereocenters. The smallest absolute Gasteiger partial charge is 0.490 e. The van der Waals surface area contributed by atoms with E-state index in [1.54, 1.807) is 7.11 Å². The van der Waals surface area contributed by atoms with Crippen molar-refractivity contribution in [2.75, 3.05) is 38.7 Å². The lowest BCUT2D eigenvalue weighted by Crippen LogP contribution is -2.35. The Bertz CT molecular complexity index is 1320. The van der Waals surface area contributed by atoms with Crippen LogP contribution in [0.3, 0.4) is 0 Å². The number of carboxylic acid groups (broad SMARTS) is 1. The van der Waals surface area contributed by atoms with Gasteiger partial charge in [0.15, 0.2) is 0 Å². The van der Waals surface area contributed by atoms with Gasteiger partial charge in [-0.25, -0.2) is 9.78 Å². The number of rotatable bonds is 8. The molecule has 39 heavy (non-hydrogen) atoms. The molecule has 1 fully saturated rings. The van der Waals surface area contributed by atoms with Crippen molar-refractivity contribution in [1.82, 2.24) is 14.9 Å². The van der Waals surface area contributed by atoms with Gasteiger partial charge in [-0.3, -0.25) is 9.36 Å². The monoisotopic (exact) mass is 548 g/mol. The Morgan fingerprint density at radius 2 is 1.97 bits per heavy atom. The number of benzene rings is 2. The first-order chi connectivity index (χ1) is 18.6. The van der Waals surface area contributed by atoms with Gasteiger partial charge in [-0.2, -0.15) is 13.2 Å². The molecule has 1 unspecified atom stereocenters. The summed E-state index contributed by atoms with van der Waals surface area (Å²) in [5.74, 6) is -0.945. The van der Waals surface area contributed by atoms with Crippen molar-refractivity contribution < 1.29 is 27.8 Å². The first-order valence-corrected chi connectivity index (χ1v) is 13.0. The normalized spacial score (nSPS) is 15.4. The van der Waals surface area contributed by atoms with Gasteiger partial charge in [0, 0.05) is 25.8 Å². The number of piperidine rings is 1. The van der Waals surface area contributed by atoms with E-state index < -0.39 is 12.1 Å². The molecule has 0 aliphatic carbocycles. The minimum atomic E-state index is -5.08. The largest absolute Gasteiger partial charge is 0.496 e. The molecule has 4 rings (SSSR count). The van der Waals surface area contributed by atoms with Crippen molar-refractivity contribution in [2.24, 2.45) is 5.92 Å². The summed E-state index contributed by atoms with van der Waals surface area (Å²) in [5.41, 5.74) is 2.65. The topological polar surface area (TPSA) is 96.7 Å². The molecule has 212 valence electrons. The minimum Gasteiger partial charge on any atom is -0.496 e. The first-order valence-electron chi connectivity index (χ1n) is 13.0. The summed E-state index contributed by atoms with van der Waals surface area (Å²) in [6.07, 6.45) is -0.568. The van der Waals surface area contributed by atoms with Crippen molar-refractivity contribution in [1.29, 1.82) is 0 Å². The molecule has 1 saturated heterocycles. The van der Waals surface area contributed by atoms with E-state index in [2.05, 4.69) is 30.3 Å². The molecule has 0 amide bonds. The van der Waals surface area contributed by atoms with Crippen molar-refractivity contribution in [3.8, 4) is 17.1 Å². The summed E-state index contributed by atoms with van der Waals surface area (Å²) < 4.78 is 39.2. The average molecular weight is 549 g/mol. The van der Waals surface area contributed by atoms with E-state index in [0.29, 0.717) is 23.7 Å². The Balaban J connectivity index is 0.000000532. The number of para-hydroxylation sites is 1. The van der Waals surface area contributed by atoms with Crippen LogP contribution < -0.4 is 20.5 Å². The van der Waals surface area contributed by atoms with Crippen LogP contribution in [-0.2, 0) is 11.3 Å². The van der Waals surface area contributed by atoms with Crippen LogP contribution in [0.1, 0.15) is 32.6 Å². The molecule has 8 nitrogen and oxygen atoms in total. The fraction of sp³-hybridized carbons (Fsp3) is 0.464. The summed E-state index contributed by atoms with van der Waals surface area (Å²) in [6, 6.07) is 13.8. The van der Waals surface area contributed by atoms with Crippen LogP contribution >= 0.6 is 0 Å². The zero-order chi connectivity index (χ0) is 28.6. The van der Waals surface area contributed by atoms with Crippen LogP contribution in [0.4, 0.5) is 18.9 Å². The van der Waals surface area contributed by atoms with E-state index >= 15 is 0 Å². The number of carboxylic acids is 1. The van der Waals surface area contributed by atoms with Crippen LogP contribution in [0.5, 0.6) is 5.75 Å². The van der Waals surface area contributed by atoms with E-state index in [1.165, 1.54) is 0 Å². The zero-order valence-corrected chi connectivity index (χ0v) is 22.4. The zero-order valence-electron chi connectivity index (χ0n) is 22.4. The third kappa shape index (κ3) is 7.72. The number of fused-ring (bicyclic) bond motifs is 1. The molecule has 0 saturated carbocycles. The Morgan fingerprint density at radius 3 is 2.59 bits per heavy atom. The highest BCUT2D eigenvalue weighted by atomic mass is 19.4. The fourth-order valence-electron chi connectivity index (χ4n) is 4.51. The summed E-state index contributed by atoms with van der Waals surface area (Å²) in [7, 11) is 3.74. The van der Waals surface area contributed by atoms with E-state index in [1.807, 2.05) is 41.0 Å². The Morgan fingerprint density at radius 1 is 1.26 bits per heavy atom. The lowest BCUT2D eigenvalue weighted by molar-refractivity contribution is -0.192. The number of unbranched alkanes of at least 4 members (excludes halogenated alkanes) is 1. The molecule has 0 bridgehead atoms. The molecule has 1 aromatic heterocycles. The van der Waals surface area contributed by atoms with Gasteiger partial charge in [0.05, 0.1) is 23.6 Å². The number of halogens is 3. The summed E-state index contributed by atoms with van der Waals surface area (Å²) in [5, 5.41) is 11.3. The van der Waals surface area contributed by atoms with Gasteiger partial charge in [-0.1, -0.05) is 25.5 Å². The van der Waals surface area contributed by atoms with Crippen LogP contribution in [0.15, 0.2) is 47.3 Å². The second-order valence-corrected chi connectivity index (χ2v) is 9.54. The second kappa shape index (κ2) is 13.5. The highest BCUT2D eigenvalue weighted by molar-refractivity contribution is 5.84. The molecule has 2 heterocycles. The molecule has 0 spiro atoms. The van der Waals surface area contributed by atoms with Crippen LogP contribution in [0, 0.1) is 5.92 Å². The maximum atomic E-state index is 13.8. The van der Waals surface area contributed by atoms with Gasteiger partial charge in [0.1, 0.15) is 11.6 Å². The quantitative estimate of drug-likeness (QED) is 0.412. The number of alkyl halides is 3. The lowest BCUT2D eigenvalue weighted by Gasteiger charge is -2.25. The molecule has 2 aromatic carbocycles. The number of hydrogen-bond acceptors (Lipinski definition) is 6. The Kier molecular flexibility index (Phi) is 10.3. The number of hydrogen-bond donors (Lipinski definition) is 2. The van der Waals surface area contributed by atoms with E-state index in [4.69, 9.17) is 19.6 Å². The Labute approximate surface area is 225 Å². The van der Waals surface area contributed by atoms with Gasteiger partial charge in [-0.15, -0.1) is 0 Å². The number of nitrogens with one attached hydrogen (secondary N) is 1. The van der Waals surface area contributed by atoms with Crippen molar-refractivity contribution in [3.05, 3.63) is 52.8 Å². The minimum absolute atomic E-state index is 0.0206. The molecule has 3 aromatic rings. The SMILES string of the molecule is CCCCN(C)c1ccc2nc(-c3ccccc3OC)n(CC3CCCNC3)c(=O)c2c1.O=C(O)C(F)(F)F. The number of nitrogens with zero attached hydrogens (tertiary/aromatic N) is 3. The second-order valence-electron chi connectivity index (χ2n) is 9.54. The number of aromatic nitrogens is 2. The first kappa shape index (κ1) is 29.9. The van der Waals surface area contributed by atoms with Crippen molar-refractivity contribution in [2.45, 2.75) is 45.3 Å². The number of methoxy groups -OCH3 is 1. The summed E-state index contributed by atoms with van der Waals surface area (Å²) >= 11 is 0. The predicted molar refractivity (Wildman–Crippen MR) is 145 cm³/mol. The molecule has 11 heteroatoms. The highest BCUT2D eigenvalue weighted by Gasteiger charge is 2.38. The highest BCUT2D eigenvalue weighted by Crippen LogP contribution is 2.30. The molecule has 0 radical (unpaired) electrons. The maximum absolute atomic E-state index is 13.8. The van der Waals surface area contributed by atoms with Gasteiger partial charge in [0.25, 0.3) is 5.56 Å². The molecular weight excluding hydrogens is 513 g/mol. The third-order valence-corrected chi connectivity index (χ3v) is 6.66. The third-order valence-electron chi connectivity index (χ3n) is 6.66. The van der Waals surface area contributed by atoms with Gasteiger partial charge < -0.3 is 20.1 Å². The maximum Gasteiger partial charge on any atom is 0.490 e. The Hall–Kier alpha value is -3.60. The predicted octanol–water partition coefficient (Wildman–Crippen LogP) is 4.94. The average Bonchev–Trinajstić information content (AvgIpc) is 2.93. The van der Waals surface area contributed by atoms with E-state index in [9.17, 15) is 18.0 Å². The lowest BCUT2D eigenvalue weighted by atomic mass is 9.99. The van der Waals surface area contributed by atoms with Crippen LogP contribution in [-0.4, -0.2) is 60.6 Å². The van der Waals surface area contributed by atoms with Crippen molar-refractivity contribution in [3.63, 3.8) is 0 Å². The number of carbonyl (C=O) groups is 1. The number of anilines is 1. The van der Waals surface area contributed by atoms with Gasteiger partial charge >= 0.3 is 12.1 Å². The van der Waals surface area contributed by atoms with Crippen molar-refractivity contribution >= 4 is 22.6 Å². The number of aliphatic carboxylic acids is 1. The van der Waals surface area contributed by atoms with Gasteiger partial charge in [0.2, 0.25) is 0 Å². The fourth-order valence-corrected chi connectivity index (χ4v) is 4.51. The molecule has 2 N–H and O–H groups in total. The summed E-state index contributed by atoms with van der Waals surface area (Å²) in [4.78, 5) is 29.9. The van der Waals surface area contributed by atoms with Gasteiger partial charge in [-0.05, 0) is 68.6 Å².